The van der Waals surface area contributed by atoms with Crippen molar-refractivity contribution in [1.29, 1.82) is 0 Å². The number of unbranched alkanes of at least 4 members (excludes halogenated alkanes) is 4. The van der Waals surface area contributed by atoms with Crippen LogP contribution in [0.4, 0.5) is 0 Å². The lowest BCUT2D eigenvalue weighted by atomic mass is 10.1. The minimum absolute atomic E-state index is 0.0146. The van der Waals surface area contributed by atoms with Gasteiger partial charge in [-0.05, 0) is 43.0 Å². The Labute approximate surface area is 114 Å². The molecule has 0 bridgehead atoms. The molecule has 2 nitrogen and oxygen atoms in total. The second kappa shape index (κ2) is 13.5. The maximum atomic E-state index is 5.13. The van der Waals surface area contributed by atoms with Gasteiger partial charge in [0.1, 0.15) is 0 Å². The zero-order valence-corrected chi connectivity index (χ0v) is 12.7. The SMILES string of the molecule is COC(CCCCC/C=C\CCCI)OC. The Kier molecular flexibility index (Phi) is 13.8. The normalized spacial score (nSPS) is 11.8. The molecule has 0 unspecified atom stereocenters. The third-order valence-corrected chi connectivity index (χ3v) is 3.27. The topological polar surface area (TPSA) is 18.5 Å². The van der Waals surface area contributed by atoms with Crippen LogP contribution in [0.5, 0.6) is 0 Å². The Morgan fingerprint density at radius 1 is 0.938 bits per heavy atom. The minimum Gasteiger partial charge on any atom is -0.356 e. The second-order valence-electron chi connectivity index (χ2n) is 3.84. The summed E-state index contributed by atoms with van der Waals surface area (Å²) in [4.78, 5) is 0. The molecule has 0 heterocycles. The van der Waals surface area contributed by atoms with E-state index in [0.29, 0.717) is 0 Å². The molecular weight excluding hydrogens is 315 g/mol. The molecule has 0 aliphatic heterocycles. The van der Waals surface area contributed by atoms with Crippen molar-refractivity contribution in [3.05, 3.63) is 12.2 Å². The van der Waals surface area contributed by atoms with E-state index >= 15 is 0 Å². The standard InChI is InChI=1S/C13H25IO2/c1-15-13(16-2)11-9-7-5-3-4-6-8-10-12-14/h4,6,13H,3,5,7-12H2,1-2H3/b6-4-. The van der Waals surface area contributed by atoms with Crippen LogP contribution in [0.1, 0.15) is 44.9 Å². The lowest BCUT2D eigenvalue weighted by molar-refractivity contribution is -0.107. The van der Waals surface area contributed by atoms with E-state index < -0.39 is 0 Å². The fourth-order valence-corrected chi connectivity index (χ4v) is 1.95. The Hall–Kier alpha value is 0.390. The third-order valence-electron chi connectivity index (χ3n) is 2.51. The monoisotopic (exact) mass is 340 g/mol. The van der Waals surface area contributed by atoms with Crippen molar-refractivity contribution < 1.29 is 9.47 Å². The van der Waals surface area contributed by atoms with Crippen LogP contribution in [0.2, 0.25) is 0 Å². The summed E-state index contributed by atoms with van der Waals surface area (Å²) in [5.41, 5.74) is 0. The Morgan fingerprint density at radius 2 is 1.56 bits per heavy atom. The first-order valence-electron chi connectivity index (χ1n) is 6.11. The molecule has 0 amide bonds. The van der Waals surface area contributed by atoms with Gasteiger partial charge in [-0.25, -0.2) is 0 Å². The van der Waals surface area contributed by atoms with Crippen LogP contribution in [-0.4, -0.2) is 24.9 Å². The summed E-state index contributed by atoms with van der Waals surface area (Å²) in [6.45, 7) is 0. The molecule has 0 radical (unpaired) electrons. The van der Waals surface area contributed by atoms with Crippen molar-refractivity contribution in [3.63, 3.8) is 0 Å². The number of rotatable bonds is 11. The molecule has 0 aromatic heterocycles. The summed E-state index contributed by atoms with van der Waals surface area (Å²) in [5, 5.41) is 0. The molecule has 0 fully saturated rings. The molecule has 0 aliphatic carbocycles. The molecule has 0 aliphatic rings. The van der Waals surface area contributed by atoms with Gasteiger partial charge in [0.15, 0.2) is 6.29 Å². The highest BCUT2D eigenvalue weighted by Gasteiger charge is 2.02. The molecule has 0 rings (SSSR count). The Morgan fingerprint density at radius 3 is 2.12 bits per heavy atom. The van der Waals surface area contributed by atoms with Crippen LogP contribution in [0.3, 0.4) is 0 Å². The van der Waals surface area contributed by atoms with Gasteiger partial charge in [0.05, 0.1) is 0 Å². The molecule has 0 spiro atoms. The Bertz CT molecular complexity index is 156. The van der Waals surface area contributed by atoms with E-state index in [0.717, 1.165) is 6.42 Å². The Balaban J connectivity index is 3.17. The van der Waals surface area contributed by atoms with Crippen molar-refractivity contribution in [2.24, 2.45) is 0 Å². The van der Waals surface area contributed by atoms with Gasteiger partial charge < -0.3 is 9.47 Å². The van der Waals surface area contributed by atoms with Crippen molar-refractivity contribution >= 4 is 22.6 Å². The average molecular weight is 340 g/mol. The van der Waals surface area contributed by atoms with Gasteiger partial charge in [-0.2, -0.15) is 0 Å². The molecule has 0 saturated carbocycles. The van der Waals surface area contributed by atoms with Gasteiger partial charge in [0.25, 0.3) is 0 Å². The maximum absolute atomic E-state index is 5.13. The number of ether oxygens (including phenoxy) is 2. The fraction of sp³-hybridized carbons (Fsp3) is 0.846. The summed E-state index contributed by atoms with van der Waals surface area (Å²) >= 11 is 2.42. The van der Waals surface area contributed by atoms with Crippen molar-refractivity contribution in [3.8, 4) is 0 Å². The number of hydrogen-bond donors (Lipinski definition) is 0. The third kappa shape index (κ3) is 10.9. The van der Waals surface area contributed by atoms with Crippen molar-refractivity contribution in [2.45, 2.75) is 51.2 Å². The second-order valence-corrected chi connectivity index (χ2v) is 4.92. The van der Waals surface area contributed by atoms with Gasteiger partial charge in [-0.15, -0.1) is 0 Å². The number of halogens is 1. The van der Waals surface area contributed by atoms with E-state index in [1.807, 2.05) is 0 Å². The van der Waals surface area contributed by atoms with E-state index in [4.69, 9.17) is 9.47 Å². The summed E-state index contributed by atoms with van der Waals surface area (Å²) < 4.78 is 11.5. The van der Waals surface area contributed by atoms with E-state index in [1.165, 1.54) is 43.0 Å². The zero-order chi connectivity index (χ0) is 12.1. The highest BCUT2D eigenvalue weighted by molar-refractivity contribution is 14.1. The number of alkyl halides is 1. The van der Waals surface area contributed by atoms with Crippen LogP contribution < -0.4 is 0 Å². The van der Waals surface area contributed by atoms with Gasteiger partial charge in [0.2, 0.25) is 0 Å². The molecule has 96 valence electrons. The summed E-state index contributed by atoms with van der Waals surface area (Å²) in [5.74, 6) is 0. The average Bonchev–Trinajstić information content (AvgIpc) is 2.32. The highest BCUT2D eigenvalue weighted by atomic mass is 127. The quantitative estimate of drug-likeness (QED) is 0.183. The van der Waals surface area contributed by atoms with E-state index in [2.05, 4.69) is 34.7 Å². The largest absolute Gasteiger partial charge is 0.356 e. The van der Waals surface area contributed by atoms with Gasteiger partial charge >= 0.3 is 0 Å². The first kappa shape index (κ1) is 16.4. The number of hydrogen-bond acceptors (Lipinski definition) is 2. The molecule has 0 saturated heterocycles. The summed E-state index contributed by atoms with van der Waals surface area (Å²) in [7, 11) is 3.40. The van der Waals surface area contributed by atoms with E-state index in [9.17, 15) is 0 Å². The molecule has 0 atom stereocenters. The van der Waals surface area contributed by atoms with Crippen LogP contribution >= 0.6 is 22.6 Å². The number of allylic oxidation sites excluding steroid dienone is 2. The number of methoxy groups -OCH3 is 2. The van der Waals surface area contributed by atoms with Crippen molar-refractivity contribution in [1.82, 2.24) is 0 Å². The van der Waals surface area contributed by atoms with Crippen LogP contribution in [0.25, 0.3) is 0 Å². The molecule has 0 N–H and O–H groups in total. The fourth-order valence-electron chi connectivity index (χ4n) is 1.51. The summed E-state index contributed by atoms with van der Waals surface area (Å²) in [6.07, 6.45) is 13.1. The molecular formula is C13H25IO2. The van der Waals surface area contributed by atoms with Crippen molar-refractivity contribution in [2.75, 3.05) is 18.6 Å². The van der Waals surface area contributed by atoms with Crippen LogP contribution in [0, 0.1) is 0 Å². The van der Waals surface area contributed by atoms with Crippen LogP contribution in [-0.2, 0) is 9.47 Å². The van der Waals surface area contributed by atoms with Gasteiger partial charge in [0, 0.05) is 14.2 Å². The smallest absolute Gasteiger partial charge is 0.156 e. The maximum Gasteiger partial charge on any atom is 0.156 e. The lowest BCUT2D eigenvalue weighted by Gasteiger charge is -2.12. The predicted molar refractivity (Wildman–Crippen MR) is 78.2 cm³/mol. The van der Waals surface area contributed by atoms with Gasteiger partial charge in [-0.1, -0.05) is 41.2 Å². The lowest BCUT2D eigenvalue weighted by Crippen LogP contribution is -2.12. The molecule has 16 heavy (non-hydrogen) atoms. The summed E-state index contributed by atoms with van der Waals surface area (Å²) in [6, 6.07) is 0. The van der Waals surface area contributed by atoms with Gasteiger partial charge in [-0.3, -0.25) is 0 Å². The van der Waals surface area contributed by atoms with E-state index in [1.54, 1.807) is 14.2 Å². The minimum atomic E-state index is -0.0146. The first-order chi connectivity index (χ1) is 7.85. The predicted octanol–water partition coefficient (Wildman–Crippen LogP) is 4.33. The first-order valence-corrected chi connectivity index (χ1v) is 7.64. The molecule has 0 aromatic rings. The van der Waals surface area contributed by atoms with E-state index in [-0.39, 0.29) is 6.29 Å². The van der Waals surface area contributed by atoms with Crippen LogP contribution in [0.15, 0.2) is 12.2 Å². The molecule has 3 heteroatoms. The zero-order valence-electron chi connectivity index (χ0n) is 10.6. The molecule has 0 aromatic carbocycles. The highest BCUT2D eigenvalue weighted by Crippen LogP contribution is 2.09.